The van der Waals surface area contributed by atoms with Crippen LogP contribution in [0.1, 0.15) is 74.7 Å². The molecule has 12 heteroatoms. The van der Waals surface area contributed by atoms with Crippen molar-refractivity contribution in [1.29, 1.82) is 0 Å². The maximum Gasteiger partial charge on any atom is 0.324 e. The second-order valence-corrected chi connectivity index (χ2v) is 15.8. The first kappa shape index (κ1) is 40.1. The number of likely N-dealkylation sites (tertiary alicyclic amines) is 1. The molecular formula is C38H58N2O10. The van der Waals surface area contributed by atoms with Gasteiger partial charge in [0.2, 0.25) is 0 Å². The molecule has 0 radical (unpaired) electrons. The van der Waals surface area contributed by atoms with E-state index in [2.05, 4.69) is 12.5 Å². The number of likely N-dealkylation sites (N-methyl/N-ethyl adjacent to an activating group) is 1. The Morgan fingerprint density at radius 2 is 1.78 bits per heavy atom. The second kappa shape index (κ2) is 15.1. The number of terminal acetylenes is 1. The van der Waals surface area contributed by atoms with E-state index in [1.165, 1.54) is 6.92 Å². The Hall–Kier alpha value is -2.66. The number of ketones is 2. The van der Waals surface area contributed by atoms with E-state index < -0.39 is 88.7 Å². The van der Waals surface area contributed by atoms with Crippen molar-refractivity contribution in [2.75, 3.05) is 33.8 Å². The Kier molecular flexibility index (Phi) is 12.1. The molecule has 4 aliphatic rings. The Bertz CT molecular complexity index is 1360. The van der Waals surface area contributed by atoms with Crippen LogP contribution in [0, 0.1) is 41.4 Å². The molecule has 0 bridgehead atoms. The van der Waals surface area contributed by atoms with Gasteiger partial charge in [0.1, 0.15) is 36.6 Å². The summed E-state index contributed by atoms with van der Waals surface area (Å²) in [5, 5.41) is 11.4. The highest BCUT2D eigenvalue weighted by atomic mass is 16.7. The molecule has 0 saturated carbocycles. The van der Waals surface area contributed by atoms with Crippen LogP contribution in [-0.2, 0) is 42.9 Å². The molecule has 1 N–H and O–H groups in total. The van der Waals surface area contributed by atoms with Crippen molar-refractivity contribution in [3.63, 3.8) is 0 Å². The van der Waals surface area contributed by atoms with Gasteiger partial charge in [0.05, 0.1) is 17.8 Å². The minimum atomic E-state index is -1.38. The molecule has 0 spiro atoms. The van der Waals surface area contributed by atoms with Gasteiger partial charge in [0.25, 0.3) is 0 Å². The molecule has 0 aromatic heterocycles. The first-order chi connectivity index (χ1) is 23.3. The largest absolute Gasteiger partial charge is 0.458 e. The number of esters is 2. The van der Waals surface area contributed by atoms with E-state index >= 15 is 0 Å². The van der Waals surface area contributed by atoms with Gasteiger partial charge < -0.3 is 33.7 Å². The van der Waals surface area contributed by atoms with E-state index in [1.807, 2.05) is 44.7 Å². The topological polar surface area (TPSA) is 141 Å². The van der Waals surface area contributed by atoms with Gasteiger partial charge in [-0.05, 0) is 61.1 Å². The molecular weight excluding hydrogens is 644 g/mol. The Balaban J connectivity index is 1.88. The normalized spacial score (nSPS) is 44.7. The summed E-state index contributed by atoms with van der Waals surface area (Å²) in [6, 6.07) is -1.07. The zero-order chi connectivity index (χ0) is 37.5. The lowest BCUT2D eigenvalue weighted by molar-refractivity contribution is -0.296. The summed E-state index contributed by atoms with van der Waals surface area (Å²) in [4.78, 5) is 60.5. The van der Waals surface area contributed by atoms with Gasteiger partial charge in [-0.3, -0.25) is 24.1 Å². The summed E-state index contributed by atoms with van der Waals surface area (Å²) in [6.07, 6.45) is 3.72. The summed E-state index contributed by atoms with van der Waals surface area (Å²) in [5.74, 6) is -3.01. The lowest BCUT2D eigenvalue weighted by atomic mass is 9.62. The Morgan fingerprint density at radius 3 is 2.36 bits per heavy atom. The fraction of sp³-hybridized carbons (Fsp3) is 0.789. The lowest BCUT2D eigenvalue weighted by Gasteiger charge is -2.48. The molecule has 50 heavy (non-hydrogen) atoms. The second-order valence-electron chi connectivity index (χ2n) is 15.8. The van der Waals surface area contributed by atoms with Gasteiger partial charge in [-0.2, -0.15) is 0 Å². The highest BCUT2D eigenvalue weighted by Crippen LogP contribution is 2.56. The zero-order valence-corrected chi connectivity index (χ0v) is 31.5. The van der Waals surface area contributed by atoms with Crippen LogP contribution in [0.2, 0.25) is 0 Å². The molecule has 0 aromatic rings. The number of hydrogen-bond acceptors (Lipinski definition) is 12. The van der Waals surface area contributed by atoms with Crippen LogP contribution in [-0.4, -0.2) is 126 Å². The fourth-order valence-corrected chi connectivity index (χ4v) is 9.42. The number of carbonyl (C=O) groups is 4. The number of cyclic esters (lactones) is 1. The molecule has 4 saturated heterocycles. The Morgan fingerprint density at radius 1 is 1.12 bits per heavy atom. The molecule has 4 aliphatic heterocycles. The van der Waals surface area contributed by atoms with Gasteiger partial charge in [-0.15, -0.1) is 13.0 Å². The van der Waals surface area contributed by atoms with Gasteiger partial charge in [-0.25, -0.2) is 0 Å². The number of hydrogen-bond donors (Lipinski definition) is 1. The number of aliphatic hydroxyl groups excluding tert-OH is 1. The SMILES string of the molecule is C#CCO[C@@]1(C)C[C@@H](C)C(=O)[C@]2(C)CN(CC=C)[C@H]3C(=O)O[C@](C)([C@@H](CC)OC(=O)[C@H](C)C(=O)[C@H](C)[C@H]1O[C@@H]1O[C@H](C)C[C@H](N(C)C)[C@H]1O)[C@H]32. The first-order valence-corrected chi connectivity index (χ1v) is 17.9. The van der Waals surface area contributed by atoms with Gasteiger partial charge in [-0.1, -0.05) is 39.7 Å². The van der Waals surface area contributed by atoms with Crippen molar-refractivity contribution in [1.82, 2.24) is 9.80 Å². The average Bonchev–Trinajstić information content (AvgIpc) is 3.52. The van der Waals surface area contributed by atoms with Crippen molar-refractivity contribution < 1.29 is 48.0 Å². The first-order valence-electron chi connectivity index (χ1n) is 17.9. The maximum atomic E-state index is 15.0. The molecule has 0 unspecified atom stereocenters. The average molecular weight is 703 g/mol. The van der Waals surface area contributed by atoms with Crippen molar-refractivity contribution in [2.45, 2.75) is 129 Å². The molecule has 0 aromatic carbocycles. The van der Waals surface area contributed by atoms with E-state index in [0.717, 1.165) is 0 Å². The van der Waals surface area contributed by atoms with Crippen molar-refractivity contribution in [3.8, 4) is 12.3 Å². The molecule has 4 heterocycles. The standard InChI is InChI=1S/C38H58N2O10/c1-13-16-40-20-36(8)30-27(40)34(45)50-38(30,10)26(15-3)48-33(44)24(7)28(41)23(6)32(37(9,46-17-14-2)19-21(4)31(36)43)49-35-29(42)25(39(11)12)18-22(5)47-35/h2,13,21-27,29-30,32,35,42H,1,15-20H2,3-12H3/t21-,22-,23+,24-,25+,26-,27-,29-,30-,32-,35+,36-,37+,38-/m1/s1. The molecule has 280 valence electrons. The highest BCUT2D eigenvalue weighted by molar-refractivity contribution is 6.00. The smallest absolute Gasteiger partial charge is 0.324 e. The van der Waals surface area contributed by atoms with E-state index in [-0.39, 0.29) is 43.9 Å². The monoisotopic (exact) mass is 702 g/mol. The molecule has 12 nitrogen and oxygen atoms in total. The van der Waals surface area contributed by atoms with Gasteiger partial charge in [0.15, 0.2) is 17.7 Å². The lowest BCUT2D eigenvalue weighted by Crippen LogP contribution is -2.60. The molecule has 0 amide bonds. The zero-order valence-electron chi connectivity index (χ0n) is 31.5. The summed E-state index contributed by atoms with van der Waals surface area (Å²) in [7, 11) is 3.72. The van der Waals surface area contributed by atoms with E-state index in [9.17, 15) is 24.3 Å². The van der Waals surface area contributed by atoms with Crippen LogP contribution >= 0.6 is 0 Å². The van der Waals surface area contributed by atoms with Gasteiger partial charge >= 0.3 is 11.9 Å². The van der Waals surface area contributed by atoms with Crippen LogP contribution in [0.25, 0.3) is 0 Å². The third-order valence-electron chi connectivity index (χ3n) is 11.8. The van der Waals surface area contributed by atoms with Crippen LogP contribution in [0.4, 0.5) is 0 Å². The van der Waals surface area contributed by atoms with Crippen LogP contribution in [0.5, 0.6) is 0 Å². The van der Waals surface area contributed by atoms with Crippen molar-refractivity contribution >= 4 is 23.5 Å². The van der Waals surface area contributed by atoms with E-state index in [0.29, 0.717) is 13.0 Å². The minimum Gasteiger partial charge on any atom is -0.458 e. The number of rotatable bonds is 8. The number of nitrogens with zero attached hydrogens (tertiary/aromatic N) is 2. The van der Waals surface area contributed by atoms with Crippen LogP contribution in [0.3, 0.4) is 0 Å². The number of carbonyl (C=O) groups excluding carboxylic acids is 4. The Labute approximate surface area is 297 Å². The third-order valence-corrected chi connectivity index (χ3v) is 11.8. The summed E-state index contributed by atoms with van der Waals surface area (Å²) >= 11 is 0. The summed E-state index contributed by atoms with van der Waals surface area (Å²) in [5.41, 5.74) is -3.85. The van der Waals surface area contributed by atoms with Gasteiger partial charge in [0, 0.05) is 42.3 Å². The quantitative estimate of drug-likeness (QED) is 0.172. The number of aliphatic hydroxyl groups is 1. The molecule has 4 rings (SSSR count). The fourth-order valence-electron chi connectivity index (χ4n) is 9.42. The van der Waals surface area contributed by atoms with Crippen molar-refractivity contribution in [3.05, 3.63) is 12.7 Å². The minimum absolute atomic E-state index is 0.0707. The third kappa shape index (κ3) is 7.06. The molecule has 0 aliphatic carbocycles. The number of ether oxygens (including phenoxy) is 5. The van der Waals surface area contributed by atoms with Crippen LogP contribution < -0.4 is 0 Å². The highest BCUT2D eigenvalue weighted by Gasteiger charge is 2.71. The van der Waals surface area contributed by atoms with Crippen molar-refractivity contribution in [2.24, 2.45) is 29.1 Å². The molecule has 14 atom stereocenters. The maximum absolute atomic E-state index is 15.0. The predicted molar refractivity (Wildman–Crippen MR) is 184 cm³/mol. The van der Waals surface area contributed by atoms with E-state index in [4.69, 9.17) is 30.1 Å². The predicted octanol–water partition coefficient (Wildman–Crippen LogP) is 2.79. The molecule has 4 fully saturated rings. The summed E-state index contributed by atoms with van der Waals surface area (Å²) in [6.45, 7) is 18.3. The van der Waals surface area contributed by atoms with E-state index in [1.54, 1.807) is 33.8 Å². The summed E-state index contributed by atoms with van der Waals surface area (Å²) < 4.78 is 31.3. The van der Waals surface area contributed by atoms with Crippen LogP contribution in [0.15, 0.2) is 12.7 Å². The number of Topliss-reactive ketones (excluding diaryl/α,β-unsaturated/α-hetero) is 2.